The molecule has 2 aliphatic heterocycles. The van der Waals surface area contributed by atoms with E-state index in [-0.39, 0.29) is 32.7 Å². The third kappa shape index (κ3) is 10.6. The molecular formula is C21H26F9N3O5S. The molecule has 1 N–H and O–H groups in total. The molecule has 0 spiro atoms. The lowest BCUT2D eigenvalue weighted by atomic mass is 10.1. The van der Waals surface area contributed by atoms with Gasteiger partial charge in [-0.1, -0.05) is 6.07 Å². The summed E-state index contributed by atoms with van der Waals surface area (Å²) < 4.78 is 145. The number of alkyl halides is 9. The van der Waals surface area contributed by atoms with Gasteiger partial charge in [0.1, 0.15) is 0 Å². The highest BCUT2D eigenvalue weighted by atomic mass is 32.2. The number of halogens is 9. The summed E-state index contributed by atoms with van der Waals surface area (Å²) in [6, 6.07) is 3.42. The molecule has 1 aromatic carbocycles. The van der Waals surface area contributed by atoms with Crippen molar-refractivity contribution in [2.24, 2.45) is 0 Å². The zero-order valence-electron chi connectivity index (χ0n) is 20.4. The van der Waals surface area contributed by atoms with Gasteiger partial charge in [0.25, 0.3) is 16.2 Å². The van der Waals surface area contributed by atoms with Gasteiger partial charge in [-0.05, 0) is 30.5 Å². The van der Waals surface area contributed by atoms with E-state index in [0.717, 1.165) is 29.9 Å². The van der Waals surface area contributed by atoms with Gasteiger partial charge in [0.15, 0.2) is 0 Å². The van der Waals surface area contributed by atoms with Crippen molar-refractivity contribution in [2.75, 3.05) is 50.4 Å². The Morgan fingerprint density at radius 1 is 0.923 bits per heavy atom. The summed E-state index contributed by atoms with van der Waals surface area (Å²) in [6.45, 7) is 1.22. The molecular weight excluding hydrogens is 577 g/mol. The molecule has 8 nitrogen and oxygen atoms in total. The fourth-order valence-electron chi connectivity index (χ4n) is 3.95. The number of anilines is 1. The van der Waals surface area contributed by atoms with Gasteiger partial charge in [0.05, 0.1) is 11.8 Å². The predicted octanol–water partition coefficient (Wildman–Crippen LogP) is 4.56. The average molecular weight is 604 g/mol. The predicted molar refractivity (Wildman–Crippen MR) is 120 cm³/mol. The number of hydrogen-bond acceptors (Lipinski definition) is 6. The number of amides is 1. The van der Waals surface area contributed by atoms with Gasteiger partial charge in [-0.15, -0.1) is 0 Å². The first-order valence-corrected chi connectivity index (χ1v) is 13.2. The molecule has 1 aromatic rings. The molecule has 18 heteroatoms. The summed E-state index contributed by atoms with van der Waals surface area (Å²) in [4.78, 5) is 16.3. The van der Waals surface area contributed by atoms with Crippen molar-refractivity contribution in [3.63, 3.8) is 0 Å². The van der Waals surface area contributed by atoms with Crippen molar-refractivity contribution in [3.05, 3.63) is 29.3 Å². The van der Waals surface area contributed by atoms with Gasteiger partial charge >= 0.3 is 24.6 Å². The number of benzene rings is 1. The maximum Gasteiger partial charge on any atom is 0.434 e. The van der Waals surface area contributed by atoms with Crippen molar-refractivity contribution < 1.29 is 62.0 Å². The maximum atomic E-state index is 13.2. The highest BCUT2D eigenvalue weighted by Gasteiger charge is 2.60. The number of carbonyl (C=O) groups is 1. The first kappa shape index (κ1) is 32.7. The van der Waals surface area contributed by atoms with Gasteiger partial charge < -0.3 is 14.5 Å². The number of piperazine rings is 1. The second kappa shape index (κ2) is 12.4. The highest BCUT2D eigenvalue weighted by molar-refractivity contribution is 7.85. The summed E-state index contributed by atoms with van der Waals surface area (Å²) in [5.74, 6) is 0. The molecule has 0 saturated carbocycles. The Morgan fingerprint density at radius 3 is 1.85 bits per heavy atom. The second-order valence-corrected chi connectivity index (χ2v) is 10.3. The smallest absolute Gasteiger partial charge is 0.426 e. The normalized spacial score (nSPS) is 17.7. The van der Waals surface area contributed by atoms with Crippen LogP contribution in [-0.4, -0.2) is 92.8 Å². The van der Waals surface area contributed by atoms with Crippen LogP contribution in [0.1, 0.15) is 24.0 Å². The fraction of sp³-hybridized carbons (Fsp3) is 0.667. The minimum atomic E-state index is -5.80. The number of hydrogen-bond donors (Lipinski definition) is 1. The molecule has 2 aliphatic rings. The van der Waals surface area contributed by atoms with Crippen LogP contribution in [0.2, 0.25) is 0 Å². The Morgan fingerprint density at radius 2 is 1.41 bits per heavy atom. The maximum absolute atomic E-state index is 13.2. The van der Waals surface area contributed by atoms with Crippen molar-refractivity contribution in [2.45, 2.75) is 44.0 Å². The Hall–Kier alpha value is -2.47. The average Bonchev–Trinajstić information content (AvgIpc) is 3.29. The minimum absolute atomic E-state index is 0.0955. The second-order valence-electron chi connectivity index (χ2n) is 8.88. The molecule has 224 valence electrons. The summed E-state index contributed by atoms with van der Waals surface area (Å²) in [5.41, 5.74) is 0.266. The molecule has 0 bridgehead atoms. The number of carbonyl (C=O) groups excluding carboxylic acids is 1. The van der Waals surface area contributed by atoms with E-state index in [0.29, 0.717) is 30.6 Å². The Balaban J connectivity index is 0.000000976. The molecule has 2 saturated heterocycles. The lowest BCUT2D eigenvalue weighted by Gasteiger charge is -2.36. The van der Waals surface area contributed by atoms with Crippen LogP contribution in [0.4, 0.5) is 50.0 Å². The van der Waals surface area contributed by atoms with Gasteiger partial charge in [0.2, 0.25) is 0 Å². The molecule has 0 aliphatic carbocycles. The molecule has 3 rings (SSSR count). The van der Waals surface area contributed by atoms with Crippen LogP contribution in [0.15, 0.2) is 18.2 Å². The van der Waals surface area contributed by atoms with E-state index in [1.807, 2.05) is 4.90 Å². The SMILES string of the molecule is CS(=O)(=O)O.O=C(OC(C(F)(F)F)C(F)(F)F)N1CCN(Cc2ccc(C(F)(F)F)cc2N2CCCC2)CC1. The number of rotatable bonds is 4. The lowest BCUT2D eigenvalue weighted by Crippen LogP contribution is -2.52. The van der Waals surface area contributed by atoms with Crippen LogP contribution in [0.5, 0.6) is 0 Å². The van der Waals surface area contributed by atoms with Gasteiger partial charge in [-0.2, -0.15) is 47.9 Å². The zero-order valence-corrected chi connectivity index (χ0v) is 21.2. The van der Waals surface area contributed by atoms with E-state index >= 15 is 0 Å². The Bertz CT molecular complexity index is 1060. The van der Waals surface area contributed by atoms with Crippen LogP contribution in [0.25, 0.3) is 0 Å². The van der Waals surface area contributed by atoms with Crippen LogP contribution < -0.4 is 4.90 Å². The topological polar surface area (TPSA) is 90.4 Å². The van der Waals surface area contributed by atoms with Crippen molar-refractivity contribution in [1.82, 2.24) is 9.80 Å². The first-order valence-electron chi connectivity index (χ1n) is 11.3. The minimum Gasteiger partial charge on any atom is -0.426 e. The van der Waals surface area contributed by atoms with Gasteiger partial charge in [-0.3, -0.25) is 9.45 Å². The summed E-state index contributed by atoms with van der Waals surface area (Å²) in [6.07, 6.45) is -19.7. The van der Waals surface area contributed by atoms with E-state index in [4.69, 9.17) is 4.55 Å². The van der Waals surface area contributed by atoms with Gasteiger partial charge in [0, 0.05) is 51.5 Å². The van der Waals surface area contributed by atoms with E-state index in [2.05, 4.69) is 4.74 Å². The first-order chi connectivity index (χ1) is 17.7. The van der Waals surface area contributed by atoms with Crippen LogP contribution in [-0.2, 0) is 27.6 Å². The summed E-state index contributed by atoms with van der Waals surface area (Å²) in [5, 5.41) is 0. The molecule has 0 atom stereocenters. The zero-order chi connectivity index (χ0) is 29.8. The summed E-state index contributed by atoms with van der Waals surface area (Å²) in [7, 11) is -3.67. The molecule has 2 fully saturated rings. The quantitative estimate of drug-likeness (QED) is 0.399. The molecule has 2 heterocycles. The van der Waals surface area contributed by atoms with E-state index in [1.165, 1.54) is 6.07 Å². The standard InChI is InChI=1S/C20H22F9N3O2.CH4O3S/c21-18(22,23)14-4-3-13(15(11-14)31-5-1-2-6-31)12-30-7-9-32(10-8-30)17(33)34-16(19(24,25)26)20(27,28)29;1-5(2,3)4/h3-4,11,16H,1-2,5-10,12H2;1H3,(H,2,3,4). The Kier molecular flexibility index (Phi) is 10.4. The van der Waals surface area contributed by atoms with Crippen LogP contribution in [0, 0.1) is 0 Å². The monoisotopic (exact) mass is 603 g/mol. The third-order valence-corrected chi connectivity index (χ3v) is 5.70. The fourth-order valence-corrected chi connectivity index (χ4v) is 3.95. The van der Waals surface area contributed by atoms with Gasteiger partial charge in [-0.25, -0.2) is 4.79 Å². The Labute approximate surface area is 218 Å². The molecule has 0 aromatic heterocycles. The molecule has 1 amide bonds. The molecule has 39 heavy (non-hydrogen) atoms. The van der Waals surface area contributed by atoms with Crippen LogP contribution >= 0.6 is 0 Å². The molecule has 0 unspecified atom stereocenters. The lowest BCUT2D eigenvalue weighted by molar-refractivity contribution is -0.308. The van der Waals surface area contributed by atoms with E-state index in [1.54, 1.807) is 4.90 Å². The number of ether oxygens (including phenoxy) is 1. The van der Waals surface area contributed by atoms with E-state index < -0.39 is 46.4 Å². The summed E-state index contributed by atoms with van der Waals surface area (Å²) >= 11 is 0. The van der Waals surface area contributed by atoms with E-state index in [9.17, 15) is 52.7 Å². The van der Waals surface area contributed by atoms with Crippen molar-refractivity contribution in [3.8, 4) is 0 Å². The largest absolute Gasteiger partial charge is 0.434 e. The highest BCUT2D eigenvalue weighted by Crippen LogP contribution is 2.37. The number of nitrogens with zero attached hydrogens (tertiary/aromatic N) is 3. The van der Waals surface area contributed by atoms with Crippen molar-refractivity contribution in [1.29, 1.82) is 0 Å². The van der Waals surface area contributed by atoms with Crippen molar-refractivity contribution >= 4 is 21.9 Å². The molecule has 0 radical (unpaired) electrons. The van der Waals surface area contributed by atoms with Crippen LogP contribution in [0.3, 0.4) is 0 Å². The third-order valence-electron chi connectivity index (χ3n) is 5.70.